The van der Waals surface area contributed by atoms with Crippen LogP contribution in [0.15, 0.2) is 78.9 Å². The number of nitrogens with two attached hydrogens (primary N) is 1. The molecule has 4 nitrogen and oxygen atoms in total. The zero-order chi connectivity index (χ0) is 18.6. The second kappa shape index (κ2) is 7.42. The zero-order valence-corrected chi connectivity index (χ0v) is 14.6. The van der Waals surface area contributed by atoms with Crippen LogP contribution in [-0.2, 0) is 21.7 Å². The Labute approximate surface area is 152 Å². The molecular formula is C22H21NO3. The Balaban J connectivity index is 1.74. The molecule has 0 fully saturated rings. The van der Waals surface area contributed by atoms with E-state index in [-0.39, 0.29) is 6.61 Å². The number of hydrogen-bond donors (Lipinski definition) is 2. The molecule has 0 bridgehead atoms. The van der Waals surface area contributed by atoms with Gasteiger partial charge in [-0.05, 0) is 29.7 Å². The van der Waals surface area contributed by atoms with Gasteiger partial charge in [-0.25, -0.2) is 4.79 Å². The minimum atomic E-state index is -1.73. The number of aliphatic hydroxyl groups is 1. The predicted octanol–water partition coefficient (Wildman–Crippen LogP) is 3.89. The first-order chi connectivity index (χ1) is 12.5. The fourth-order valence-electron chi connectivity index (χ4n) is 2.72. The Morgan fingerprint density at radius 1 is 0.962 bits per heavy atom. The number of nitrogen functional groups attached to an aromatic ring is 1. The molecule has 26 heavy (non-hydrogen) atoms. The first kappa shape index (κ1) is 17.7. The van der Waals surface area contributed by atoms with E-state index in [1.54, 1.807) is 12.1 Å². The molecule has 132 valence electrons. The topological polar surface area (TPSA) is 72.5 Å². The van der Waals surface area contributed by atoms with E-state index in [2.05, 4.69) is 0 Å². The summed E-state index contributed by atoms with van der Waals surface area (Å²) in [6.45, 7) is 1.56. The smallest absolute Gasteiger partial charge is 0.342 e. The molecule has 0 saturated carbocycles. The highest BCUT2D eigenvalue weighted by Gasteiger charge is 2.34. The Morgan fingerprint density at radius 2 is 1.58 bits per heavy atom. The molecule has 4 heteroatoms. The van der Waals surface area contributed by atoms with Crippen molar-refractivity contribution in [3.05, 3.63) is 90.0 Å². The minimum absolute atomic E-state index is 0.119. The second-order valence-electron chi connectivity index (χ2n) is 6.30. The van der Waals surface area contributed by atoms with Crippen LogP contribution < -0.4 is 5.73 Å². The van der Waals surface area contributed by atoms with Crippen molar-refractivity contribution >= 4 is 11.7 Å². The van der Waals surface area contributed by atoms with Gasteiger partial charge in [0.15, 0.2) is 5.60 Å². The number of carbonyl (C=O) groups is 1. The maximum absolute atomic E-state index is 12.4. The quantitative estimate of drug-likeness (QED) is 0.542. The van der Waals surface area contributed by atoms with Gasteiger partial charge in [-0.1, -0.05) is 72.8 Å². The normalized spacial score (nSPS) is 13.0. The molecule has 0 aromatic heterocycles. The third-order valence-corrected chi connectivity index (χ3v) is 4.33. The summed E-state index contributed by atoms with van der Waals surface area (Å²) in [5, 5.41) is 10.6. The van der Waals surface area contributed by atoms with Crippen LogP contribution >= 0.6 is 0 Å². The van der Waals surface area contributed by atoms with E-state index >= 15 is 0 Å². The van der Waals surface area contributed by atoms with Crippen LogP contribution in [0.2, 0.25) is 0 Å². The van der Waals surface area contributed by atoms with Crippen LogP contribution in [0.4, 0.5) is 5.69 Å². The molecule has 0 aliphatic heterocycles. The molecule has 0 spiro atoms. The molecule has 1 unspecified atom stereocenters. The summed E-state index contributed by atoms with van der Waals surface area (Å²) in [6, 6.07) is 24.0. The maximum atomic E-state index is 12.4. The average molecular weight is 347 g/mol. The molecule has 1 atom stereocenters. The van der Waals surface area contributed by atoms with Gasteiger partial charge in [0.2, 0.25) is 0 Å². The number of benzene rings is 3. The lowest BCUT2D eigenvalue weighted by Crippen LogP contribution is -2.34. The van der Waals surface area contributed by atoms with E-state index in [1.165, 1.54) is 6.92 Å². The van der Waals surface area contributed by atoms with Gasteiger partial charge in [0.05, 0.1) is 0 Å². The highest BCUT2D eigenvalue weighted by Crippen LogP contribution is 2.29. The molecule has 0 radical (unpaired) electrons. The third-order valence-electron chi connectivity index (χ3n) is 4.33. The van der Waals surface area contributed by atoms with Crippen molar-refractivity contribution in [3.8, 4) is 11.1 Å². The number of carbonyl (C=O) groups excluding carboxylic acids is 1. The van der Waals surface area contributed by atoms with Crippen LogP contribution in [0.5, 0.6) is 0 Å². The zero-order valence-electron chi connectivity index (χ0n) is 14.6. The molecular weight excluding hydrogens is 326 g/mol. The molecule has 0 amide bonds. The van der Waals surface area contributed by atoms with Crippen molar-refractivity contribution < 1.29 is 14.6 Å². The van der Waals surface area contributed by atoms with E-state index < -0.39 is 11.6 Å². The summed E-state index contributed by atoms with van der Waals surface area (Å²) in [4.78, 5) is 12.4. The number of ether oxygens (including phenoxy) is 1. The lowest BCUT2D eigenvalue weighted by Gasteiger charge is -2.22. The third kappa shape index (κ3) is 3.76. The molecule has 3 rings (SSSR count). The van der Waals surface area contributed by atoms with Gasteiger partial charge in [0, 0.05) is 11.3 Å². The van der Waals surface area contributed by atoms with Crippen LogP contribution in [0.3, 0.4) is 0 Å². The van der Waals surface area contributed by atoms with Crippen molar-refractivity contribution in [1.29, 1.82) is 0 Å². The largest absolute Gasteiger partial charge is 0.458 e. The number of rotatable bonds is 5. The van der Waals surface area contributed by atoms with Gasteiger partial charge in [-0.3, -0.25) is 0 Å². The number of anilines is 1. The summed E-state index contributed by atoms with van der Waals surface area (Å²) in [7, 11) is 0. The molecule has 0 aliphatic carbocycles. The lowest BCUT2D eigenvalue weighted by atomic mass is 9.93. The van der Waals surface area contributed by atoms with Gasteiger partial charge in [-0.2, -0.15) is 0 Å². The van der Waals surface area contributed by atoms with E-state index in [1.807, 2.05) is 66.7 Å². The summed E-state index contributed by atoms with van der Waals surface area (Å²) in [5.41, 5.74) is 8.10. The minimum Gasteiger partial charge on any atom is -0.458 e. The van der Waals surface area contributed by atoms with Gasteiger partial charge >= 0.3 is 5.97 Å². The van der Waals surface area contributed by atoms with Crippen molar-refractivity contribution in [3.63, 3.8) is 0 Å². The number of esters is 1. The number of hydrogen-bond acceptors (Lipinski definition) is 4. The fourth-order valence-corrected chi connectivity index (χ4v) is 2.72. The van der Waals surface area contributed by atoms with Crippen molar-refractivity contribution in [2.24, 2.45) is 0 Å². The Hall–Kier alpha value is -3.11. The maximum Gasteiger partial charge on any atom is 0.342 e. The first-order valence-corrected chi connectivity index (χ1v) is 8.37. The molecule has 3 N–H and O–H groups in total. The van der Waals surface area contributed by atoms with Crippen LogP contribution in [-0.4, -0.2) is 11.1 Å². The van der Waals surface area contributed by atoms with E-state index in [9.17, 15) is 9.90 Å². The van der Waals surface area contributed by atoms with Gasteiger partial charge in [0.25, 0.3) is 0 Å². The van der Waals surface area contributed by atoms with Crippen LogP contribution in [0.1, 0.15) is 18.1 Å². The Bertz CT molecular complexity index is 887. The van der Waals surface area contributed by atoms with Crippen LogP contribution in [0, 0.1) is 0 Å². The van der Waals surface area contributed by atoms with E-state index in [0.29, 0.717) is 11.3 Å². The van der Waals surface area contributed by atoms with Crippen molar-refractivity contribution in [2.45, 2.75) is 19.1 Å². The highest BCUT2D eigenvalue weighted by molar-refractivity contribution is 5.81. The van der Waals surface area contributed by atoms with Crippen LogP contribution in [0.25, 0.3) is 11.1 Å². The van der Waals surface area contributed by atoms with Crippen molar-refractivity contribution in [2.75, 3.05) is 5.73 Å². The fraction of sp³-hybridized carbons (Fsp3) is 0.136. The summed E-state index contributed by atoms with van der Waals surface area (Å²) in [5.74, 6) is -0.687. The Kier molecular flexibility index (Phi) is 5.05. The van der Waals surface area contributed by atoms with E-state index in [0.717, 1.165) is 16.7 Å². The Morgan fingerprint density at radius 3 is 2.23 bits per heavy atom. The SMILES string of the molecule is CC(O)(C(=O)OCc1ccccc1)c1ccc(-c2ccccc2N)cc1. The molecule has 0 heterocycles. The molecule has 0 aliphatic rings. The van der Waals surface area contributed by atoms with E-state index in [4.69, 9.17) is 10.5 Å². The van der Waals surface area contributed by atoms with Gasteiger partial charge in [0.1, 0.15) is 6.61 Å². The predicted molar refractivity (Wildman–Crippen MR) is 102 cm³/mol. The van der Waals surface area contributed by atoms with Gasteiger partial charge < -0.3 is 15.6 Å². The summed E-state index contributed by atoms with van der Waals surface area (Å²) in [6.07, 6.45) is 0. The summed E-state index contributed by atoms with van der Waals surface area (Å²) >= 11 is 0. The lowest BCUT2D eigenvalue weighted by molar-refractivity contribution is -0.166. The number of para-hydroxylation sites is 1. The first-order valence-electron chi connectivity index (χ1n) is 8.37. The molecule has 3 aromatic rings. The average Bonchev–Trinajstić information content (AvgIpc) is 2.67. The summed E-state index contributed by atoms with van der Waals surface area (Å²) < 4.78 is 5.27. The standard InChI is InChI=1S/C22H21NO3/c1-22(25,21(24)26-15-16-7-3-2-4-8-16)18-13-11-17(12-14-18)19-9-5-6-10-20(19)23/h2-14,25H,15,23H2,1H3. The molecule has 3 aromatic carbocycles. The second-order valence-corrected chi connectivity index (χ2v) is 6.30. The molecule has 0 saturated heterocycles. The highest BCUT2D eigenvalue weighted by atomic mass is 16.5. The van der Waals surface area contributed by atoms with Gasteiger partial charge in [-0.15, -0.1) is 0 Å². The monoisotopic (exact) mass is 347 g/mol. The van der Waals surface area contributed by atoms with Crippen molar-refractivity contribution in [1.82, 2.24) is 0 Å².